The molecular weight excluding hydrogens is 326 g/mol. The van der Waals surface area contributed by atoms with E-state index in [1.54, 1.807) is 12.4 Å². The van der Waals surface area contributed by atoms with Gasteiger partial charge in [-0.25, -0.2) is 0 Å². The van der Waals surface area contributed by atoms with Crippen molar-refractivity contribution in [3.05, 3.63) is 41.4 Å². The molecule has 120 valence electrons. The third-order valence-corrected chi connectivity index (χ3v) is 4.31. The maximum atomic E-state index is 10.5. The first-order valence-corrected chi connectivity index (χ1v) is 9.25. The molecular formula is C14H17NO5S2. The quantitative estimate of drug-likeness (QED) is 0.859. The molecule has 1 aliphatic heterocycles. The number of hydrogen-bond acceptors (Lipinski definition) is 6. The van der Waals surface area contributed by atoms with Crippen LogP contribution in [0.1, 0.15) is 12.8 Å². The zero-order valence-corrected chi connectivity index (χ0v) is 13.4. The molecule has 22 heavy (non-hydrogen) atoms. The van der Waals surface area contributed by atoms with Crippen LogP contribution >= 0.6 is 11.3 Å². The third-order valence-electron chi connectivity index (χ3n) is 2.81. The lowest BCUT2D eigenvalue weighted by molar-refractivity contribution is 0.0858. The average molecular weight is 343 g/mol. The number of hydrogen-bond donors (Lipinski definition) is 1. The van der Waals surface area contributed by atoms with E-state index in [0.29, 0.717) is 25.2 Å². The first kappa shape index (κ1) is 16.7. The number of thiophene rings is 1. The molecule has 0 saturated carbocycles. The fourth-order valence-corrected chi connectivity index (χ4v) is 3.01. The standard InChI is InChI=1S/C9H12O5S2.C5H5N/c10-16(11,12)3-1-2-7-4-13-8-5-15-6-9(8)14-7;1-2-4-6-5-3-1/h5-7H,1-4H2,(H,10,11,12);1-5H. The van der Waals surface area contributed by atoms with Crippen LogP contribution in [0.15, 0.2) is 41.4 Å². The van der Waals surface area contributed by atoms with E-state index in [2.05, 4.69) is 4.98 Å². The lowest BCUT2D eigenvalue weighted by Gasteiger charge is -2.24. The number of ether oxygens (including phenoxy) is 2. The Morgan fingerprint density at radius 3 is 2.55 bits per heavy atom. The lowest BCUT2D eigenvalue weighted by Crippen LogP contribution is -2.29. The Morgan fingerprint density at radius 1 is 1.23 bits per heavy atom. The minimum atomic E-state index is -3.87. The van der Waals surface area contributed by atoms with Crippen molar-refractivity contribution in [3.63, 3.8) is 0 Å². The highest BCUT2D eigenvalue weighted by Crippen LogP contribution is 2.35. The topological polar surface area (TPSA) is 85.7 Å². The van der Waals surface area contributed by atoms with Gasteiger partial charge in [-0.15, -0.1) is 11.3 Å². The van der Waals surface area contributed by atoms with Gasteiger partial charge < -0.3 is 9.47 Å². The molecule has 0 saturated heterocycles. The van der Waals surface area contributed by atoms with Crippen molar-refractivity contribution in [1.29, 1.82) is 0 Å². The smallest absolute Gasteiger partial charge is 0.264 e. The second-order valence-corrected chi connectivity index (χ2v) is 6.92. The van der Waals surface area contributed by atoms with Crippen molar-refractivity contribution in [3.8, 4) is 11.5 Å². The summed E-state index contributed by atoms with van der Waals surface area (Å²) in [6.07, 6.45) is 4.28. The summed E-state index contributed by atoms with van der Waals surface area (Å²) in [7, 11) is -3.87. The molecule has 2 aromatic heterocycles. The zero-order chi connectivity index (χ0) is 15.8. The summed E-state index contributed by atoms with van der Waals surface area (Å²) < 4.78 is 40.6. The van der Waals surface area contributed by atoms with Crippen LogP contribution in [0.3, 0.4) is 0 Å². The largest absolute Gasteiger partial charge is 0.485 e. The number of pyridine rings is 1. The first-order valence-electron chi connectivity index (χ1n) is 6.70. The molecule has 1 aliphatic rings. The number of aromatic nitrogens is 1. The summed E-state index contributed by atoms with van der Waals surface area (Å²) in [5.41, 5.74) is 0. The molecule has 0 radical (unpaired) electrons. The summed E-state index contributed by atoms with van der Waals surface area (Å²) in [6, 6.07) is 5.72. The Balaban J connectivity index is 0.000000246. The minimum Gasteiger partial charge on any atom is -0.485 e. The van der Waals surface area contributed by atoms with Gasteiger partial charge >= 0.3 is 0 Å². The molecule has 2 aromatic rings. The molecule has 1 atom stereocenters. The van der Waals surface area contributed by atoms with Gasteiger partial charge in [-0.2, -0.15) is 8.42 Å². The summed E-state index contributed by atoms with van der Waals surface area (Å²) in [5.74, 6) is 1.23. The summed E-state index contributed by atoms with van der Waals surface area (Å²) >= 11 is 1.50. The van der Waals surface area contributed by atoms with Crippen molar-refractivity contribution < 1.29 is 22.4 Å². The summed E-state index contributed by atoms with van der Waals surface area (Å²) in [4.78, 5) is 3.78. The van der Waals surface area contributed by atoms with Crippen molar-refractivity contribution in [2.24, 2.45) is 0 Å². The Kier molecular flexibility index (Phi) is 6.17. The van der Waals surface area contributed by atoms with Gasteiger partial charge in [0.25, 0.3) is 10.1 Å². The maximum Gasteiger partial charge on any atom is 0.264 e. The van der Waals surface area contributed by atoms with Crippen LogP contribution in [0.5, 0.6) is 11.5 Å². The van der Waals surface area contributed by atoms with E-state index in [9.17, 15) is 8.42 Å². The van der Waals surface area contributed by atoms with E-state index in [1.165, 1.54) is 11.3 Å². The zero-order valence-electron chi connectivity index (χ0n) is 11.8. The van der Waals surface area contributed by atoms with Gasteiger partial charge in [-0.05, 0) is 25.0 Å². The van der Waals surface area contributed by atoms with Crippen LogP contribution in [-0.2, 0) is 10.1 Å². The highest BCUT2D eigenvalue weighted by Gasteiger charge is 2.21. The molecule has 1 unspecified atom stereocenters. The predicted octanol–water partition coefficient (Wildman–Crippen LogP) is 2.64. The molecule has 0 aromatic carbocycles. The van der Waals surface area contributed by atoms with Crippen molar-refractivity contribution in [2.75, 3.05) is 12.4 Å². The SMILES string of the molecule is O=S(=O)(O)CCCC1COc2cscc2O1.c1ccncc1. The monoisotopic (exact) mass is 343 g/mol. The van der Waals surface area contributed by atoms with Crippen molar-refractivity contribution in [1.82, 2.24) is 4.98 Å². The molecule has 0 aliphatic carbocycles. The Labute approximate surface area is 133 Å². The normalized spacial score (nSPS) is 16.5. The molecule has 0 bridgehead atoms. The Hall–Kier alpha value is -1.64. The molecule has 8 heteroatoms. The molecule has 0 spiro atoms. The Bertz CT molecular complexity index is 630. The van der Waals surface area contributed by atoms with Crippen LogP contribution < -0.4 is 9.47 Å². The second-order valence-electron chi connectivity index (χ2n) is 4.60. The second kappa shape index (κ2) is 8.11. The molecule has 3 rings (SSSR count). The van der Waals surface area contributed by atoms with Gasteiger partial charge in [0.2, 0.25) is 0 Å². The van der Waals surface area contributed by atoms with Gasteiger partial charge in [0.1, 0.15) is 12.7 Å². The van der Waals surface area contributed by atoms with Crippen LogP contribution in [0.2, 0.25) is 0 Å². The van der Waals surface area contributed by atoms with E-state index in [0.717, 1.165) is 5.75 Å². The fraction of sp³-hybridized carbons (Fsp3) is 0.357. The van der Waals surface area contributed by atoms with Crippen molar-refractivity contribution in [2.45, 2.75) is 18.9 Å². The first-order chi connectivity index (χ1) is 10.5. The van der Waals surface area contributed by atoms with Crippen LogP contribution in [0.4, 0.5) is 0 Å². The lowest BCUT2D eigenvalue weighted by atomic mass is 10.2. The van der Waals surface area contributed by atoms with E-state index in [1.807, 2.05) is 29.0 Å². The van der Waals surface area contributed by atoms with E-state index >= 15 is 0 Å². The number of fused-ring (bicyclic) bond motifs is 1. The molecule has 0 amide bonds. The average Bonchev–Trinajstić information content (AvgIpc) is 2.96. The molecule has 3 heterocycles. The van der Waals surface area contributed by atoms with Crippen molar-refractivity contribution >= 4 is 21.5 Å². The van der Waals surface area contributed by atoms with Crippen LogP contribution in [0, 0.1) is 0 Å². The van der Waals surface area contributed by atoms with Gasteiger partial charge in [0.05, 0.1) is 5.75 Å². The van der Waals surface area contributed by atoms with Gasteiger partial charge in [-0.3, -0.25) is 9.54 Å². The molecule has 6 nitrogen and oxygen atoms in total. The van der Waals surface area contributed by atoms with Crippen LogP contribution in [0.25, 0.3) is 0 Å². The van der Waals surface area contributed by atoms with Gasteiger partial charge in [-0.1, -0.05) is 6.07 Å². The predicted molar refractivity (Wildman–Crippen MR) is 84.1 cm³/mol. The highest BCUT2D eigenvalue weighted by atomic mass is 32.2. The number of nitrogens with zero attached hydrogens (tertiary/aromatic N) is 1. The van der Waals surface area contributed by atoms with Gasteiger partial charge in [0.15, 0.2) is 11.5 Å². The number of rotatable bonds is 4. The van der Waals surface area contributed by atoms with E-state index < -0.39 is 10.1 Å². The maximum absolute atomic E-state index is 10.5. The Morgan fingerprint density at radius 2 is 1.95 bits per heavy atom. The fourth-order valence-electron chi connectivity index (χ4n) is 1.81. The van der Waals surface area contributed by atoms with E-state index in [-0.39, 0.29) is 11.9 Å². The van der Waals surface area contributed by atoms with Gasteiger partial charge in [0, 0.05) is 23.2 Å². The molecule has 0 fully saturated rings. The summed E-state index contributed by atoms with van der Waals surface area (Å²) in [5, 5.41) is 3.72. The third kappa shape index (κ3) is 6.00. The van der Waals surface area contributed by atoms with E-state index in [4.69, 9.17) is 14.0 Å². The highest BCUT2D eigenvalue weighted by molar-refractivity contribution is 7.85. The molecule has 1 N–H and O–H groups in total. The van der Waals surface area contributed by atoms with Crippen LogP contribution in [-0.4, -0.2) is 36.4 Å². The summed E-state index contributed by atoms with van der Waals surface area (Å²) in [6.45, 7) is 0.426. The minimum absolute atomic E-state index is 0.135.